The number of amides is 3. The Hall–Kier alpha value is -1.59. The van der Waals surface area contributed by atoms with Crippen LogP contribution in [0.1, 0.15) is 25.7 Å². The monoisotopic (exact) mass is 224 g/mol. The molecule has 6 heteroatoms. The Bertz CT molecular complexity index is 421. The first-order valence-electron chi connectivity index (χ1n) is 5.37. The number of urea groups is 1. The zero-order valence-electron chi connectivity index (χ0n) is 8.58. The van der Waals surface area contributed by atoms with Crippen LogP contribution < -0.4 is 10.6 Å². The smallest absolute Gasteiger partial charge is 0.322 e. The molecule has 16 heavy (non-hydrogen) atoms. The molecule has 2 saturated carbocycles. The lowest BCUT2D eigenvalue weighted by Crippen LogP contribution is -2.60. The van der Waals surface area contributed by atoms with Gasteiger partial charge < -0.3 is 10.4 Å². The second-order valence-electron chi connectivity index (χ2n) is 5.01. The summed E-state index contributed by atoms with van der Waals surface area (Å²) in [6.07, 6.45) is 2.25. The maximum Gasteiger partial charge on any atom is 0.322 e. The van der Waals surface area contributed by atoms with Crippen molar-refractivity contribution < 1.29 is 19.5 Å². The quantitative estimate of drug-likeness (QED) is 0.539. The van der Waals surface area contributed by atoms with Crippen molar-refractivity contribution in [3.8, 4) is 0 Å². The highest BCUT2D eigenvalue weighted by Crippen LogP contribution is 2.60. The first-order chi connectivity index (χ1) is 7.50. The van der Waals surface area contributed by atoms with Gasteiger partial charge in [0.25, 0.3) is 5.91 Å². The number of hydrogen-bond acceptors (Lipinski definition) is 3. The molecular weight excluding hydrogens is 212 g/mol. The number of carboxylic acids is 1. The molecule has 3 atom stereocenters. The molecule has 0 radical (unpaired) electrons. The topological polar surface area (TPSA) is 95.5 Å². The van der Waals surface area contributed by atoms with Gasteiger partial charge in [0.2, 0.25) is 0 Å². The number of carboxylic acid groups (broad SMARTS) is 1. The first kappa shape index (κ1) is 9.62. The van der Waals surface area contributed by atoms with Crippen LogP contribution in [0.25, 0.3) is 0 Å². The normalized spacial score (nSPS) is 44.9. The van der Waals surface area contributed by atoms with E-state index in [-0.39, 0.29) is 5.92 Å². The number of carbonyl (C=O) groups excluding carboxylic acids is 2. The Labute approximate surface area is 91.4 Å². The van der Waals surface area contributed by atoms with E-state index in [1.165, 1.54) is 0 Å². The van der Waals surface area contributed by atoms with Crippen molar-refractivity contribution in [2.75, 3.05) is 0 Å². The lowest BCUT2D eigenvalue weighted by molar-refractivity contribution is -0.156. The fraction of sp³-hybridized carbons (Fsp3) is 0.700. The van der Waals surface area contributed by atoms with Crippen molar-refractivity contribution in [2.24, 2.45) is 11.3 Å². The Morgan fingerprint density at radius 1 is 1.38 bits per heavy atom. The Morgan fingerprint density at radius 2 is 2.12 bits per heavy atom. The minimum absolute atomic E-state index is 0.236. The van der Waals surface area contributed by atoms with E-state index >= 15 is 0 Å². The number of carbonyl (C=O) groups is 3. The average molecular weight is 224 g/mol. The molecule has 3 N–H and O–H groups in total. The van der Waals surface area contributed by atoms with Crippen molar-refractivity contribution in [2.45, 2.75) is 31.2 Å². The molecule has 2 bridgehead atoms. The van der Waals surface area contributed by atoms with Crippen molar-refractivity contribution >= 4 is 17.9 Å². The van der Waals surface area contributed by atoms with E-state index in [1.54, 1.807) is 0 Å². The lowest BCUT2D eigenvalue weighted by atomic mass is 9.68. The summed E-state index contributed by atoms with van der Waals surface area (Å²) in [5.74, 6) is -1.20. The molecule has 2 aliphatic carbocycles. The molecule has 3 rings (SSSR count). The highest BCUT2D eigenvalue weighted by atomic mass is 16.4. The van der Waals surface area contributed by atoms with Gasteiger partial charge in [0.05, 0.1) is 0 Å². The van der Waals surface area contributed by atoms with E-state index in [9.17, 15) is 19.5 Å². The van der Waals surface area contributed by atoms with E-state index in [0.717, 1.165) is 6.42 Å². The molecule has 1 spiro atoms. The molecule has 0 unspecified atom stereocenters. The summed E-state index contributed by atoms with van der Waals surface area (Å²) < 4.78 is 0. The molecule has 86 valence electrons. The van der Waals surface area contributed by atoms with Crippen LogP contribution in [0.5, 0.6) is 0 Å². The number of imide groups is 1. The average Bonchev–Trinajstić information content (AvgIpc) is 2.80. The first-order valence-corrected chi connectivity index (χ1v) is 5.37. The van der Waals surface area contributed by atoms with Gasteiger partial charge in [0.1, 0.15) is 11.0 Å². The molecule has 1 aliphatic heterocycles. The van der Waals surface area contributed by atoms with E-state index in [1.807, 2.05) is 0 Å². The summed E-state index contributed by atoms with van der Waals surface area (Å²) in [6, 6.07) is -0.571. The molecule has 1 saturated heterocycles. The maximum absolute atomic E-state index is 11.9. The van der Waals surface area contributed by atoms with Gasteiger partial charge in [0, 0.05) is 0 Å². The minimum atomic E-state index is -1.20. The van der Waals surface area contributed by atoms with Crippen LogP contribution in [-0.2, 0) is 9.59 Å². The van der Waals surface area contributed by atoms with Crippen LogP contribution in [0.15, 0.2) is 0 Å². The summed E-state index contributed by atoms with van der Waals surface area (Å²) in [4.78, 5) is 34.5. The third kappa shape index (κ3) is 0.819. The number of fused-ring (bicyclic) bond motifs is 3. The Morgan fingerprint density at radius 3 is 2.62 bits per heavy atom. The summed E-state index contributed by atoms with van der Waals surface area (Å²) in [5, 5.41) is 14.1. The zero-order chi connectivity index (χ0) is 11.6. The molecule has 1 heterocycles. The van der Waals surface area contributed by atoms with Gasteiger partial charge in [-0.1, -0.05) is 0 Å². The van der Waals surface area contributed by atoms with Gasteiger partial charge in [-0.25, -0.2) is 4.79 Å². The van der Waals surface area contributed by atoms with Crippen molar-refractivity contribution in [3.63, 3.8) is 0 Å². The fourth-order valence-electron chi connectivity index (χ4n) is 3.69. The highest BCUT2D eigenvalue weighted by molar-refractivity contribution is 6.10. The molecule has 3 aliphatic rings. The van der Waals surface area contributed by atoms with Gasteiger partial charge in [0.15, 0.2) is 0 Å². The fourth-order valence-corrected chi connectivity index (χ4v) is 3.69. The zero-order valence-corrected chi connectivity index (χ0v) is 8.58. The predicted octanol–water partition coefficient (Wildman–Crippen LogP) is -0.161. The third-order valence-corrected chi connectivity index (χ3v) is 4.38. The van der Waals surface area contributed by atoms with Crippen LogP contribution in [0.2, 0.25) is 0 Å². The second-order valence-corrected chi connectivity index (χ2v) is 5.01. The second kappa shape index (κ2) is 2.56. The van der Waals surface area contributed by atoms with Crippen LogP contribution in [-0.4, -0.2) is 28.6 Å². The molecule has 3 fully saturated rings. The van der Waals surface area contributed by atoms with Gasteiger partial charge in [-0.05, 0) is 31.6 Å². The van der Waals surface area contributed by atoms with Gasteiger partial charge in [-0.15, -0.1) is 0 Å². The summed E-state index contributed by atoms with van der Waals surface area (Å²) in [6.45, 7) is 0. The highest BCUT2D eigenvalue weighted by Gasteiger charge is 2.72. The molecule has 0 aromatic rings. The van der Waals surface area contributed by atoms with Gasteiger partial charge >= 0.3 is 12.0 Å². The molecule has 6 nitrogen and oxygen atoms in total. The number of aliphatic carboxylic acids is 1. The largest absolute Gasteiger partial charge is 0.481 e. The lowest BCUT2D eigenvalue weighted by Gasteiger charge is -2.38. The van der Waals surface area contributed by atoms with Crippen LogP contribution in [0.4, 0.5) is 4.79 Å². The van der Waals surface area contributed by atoms with Crippen molar-refractivity contribution in [3.05, 3.63) is 0 Å². The molecule has 0 aromatic carbocycles. The Balaban J connectivity index is 2.12. The third-order valence-electron chi connectivity index (χ3n) is 4.38. The van der Waals surface area contributed by atoms with Crippen LogP contribution >= 0.6 is 0 Å². The summed E-state index contributed by atoms with van der Waals surface area (Å²) >= 11 is 0. The number of nitrogens with one attached hydrogen (secondary N) is 2. The minimum Gasteiger partial charge on any atom is -0.481 e. The van der Waals surface area contributed by atoms with E-state index in [2.05, 4.69) is 10.6 Å². The molecule has 0 aromatic heterocycles. The van der Waals surface area contributed by atoms with Gasteiger partial charge in [-0.2, -0.15) is 0 Å². The summed E-state index contributed by atoms with van der Waals surface area (Å²) in [5.41, 5.74) is -2.28. The number of rotatable bonds is 1. The van der Waals surface area contributed by atoms with Crippen molar-refractivity contribution in [1.82, 2.24) is 10.6 Å². The SMILES string of the molecule is O=C1NC(=O)[C@]2(C[C@@H]3CC[C@]2(C(=O)O)C3)N1. The predicted molar refractivity (Wildman–Crippen MR) is 51.4 cm³/mol. The maximum atomic E-state index is 11.9. The molecule has 3 amide bonds. The summed E-state index contributed by atoms with van der Waals surface area (Å²) in [7, 11) is 0. The van der Waals surface area contributed by atoms with E-state index < -0.39 is 28.9 Å². The standard InChI is InChI=1S/C10H12N2O4/c13-6-10(12-8(16)11-6)4-5-1-2-9(10,3-5)7(14)15/h5H,1-4H2,(H,14,15)(H2,11,12,13,16)/t5-,9-,10+/m1/s1. The van der Waals surface area contributed by atoms with E-state index in [4.69, 9.17) is 0 Å². The van der Waals surface area contributed by atoms with Gasteiger partial charge in [-0.3, -0.25) is 14.9 Å². The number of hydrogen-bond donors (Lipinski definition) is 3. The Kier molecular flexibility index (Phi) is 1.54. The van der Waals surface area contributed by atoms with Crippen molar-refractivity contribution in [1.29, 1.82) is 0 Å². The molecular formula is C10H12N2O4. The van der Waals surface area contributed by atoms with Crippen LogP contribution in [0.3, 0.4) is 0 Å². The van der Waals surface area contributed by atoms with Crippen LogP contribution in [0, 0.1) is 11.3 Å². The van der Waals surface area contributed by atoms with E-state index in [0.29, 0.717) is 19.3 Å².